The Morgan fingerprint density at radius 2 is 2.00 bits per heavy atom. The molecule has 1 amide bonds. The van der Waals surface area contributed by atoms with Crippen LogP contribution in [0.3, 0.4) is 0 Å². The van der Waals surface area contributed by atoms with Crippen molar-refractivity contribution in [2.75, 3.05) is 26.7 Å². The normalized spacial score (nSPS) is 19.1. The Hall–Kier alpha value is -1.88. The van der Waals surface area contributed by atoms with Gasteiger partial charge in [0.2, 0.25) is 5.91 Å². The number of hydrogen-bond acceptors (Lipinski definition) is 4. The molecule has 0 saturated carbocycles. The largest absolute Gasteiger partial charge is 0.465 e. The Labute approximate surface area is 112 Å². The van der Waals surface area contributed by atoms with E-state index in [1.807, 2.05) is 17.0 Å². The molecule has 5 heteroatoms. The molecule has 1 aliphatic rings. The molecule has 1 aromatic rings. The Morgan fingerprint density at radius 1 is 1.32 bits per heavy atom. The first-order valence-electron chi connectivity index (χ1n) is 6.29. The number of carbonyl (C=O) groups is 2. The molecule has 1 fully saturated rings. The number of nitrogens with one attached hydrogen (secondary N) is 1. The van der Waals surface area contributed by atoms with Crippen molar-refractivity contribution in [1.29, 1.82) is 0 Å². The lowest BCUT2D eigenvalue weighted by molar-refractivity contribution is -0.130. The number of esters is 1. The van der Waals surface area contributed by atoms with Crippen LogP contribution in [-0.2, 0) is 9.53 Å². The molecule has 1 aliphatic heterocycles. The van der Waals surface area contributed by atoms with Crippen LogP contribution < -0.4 is 5.32 Å². The van der Waals surface area contributed by atoms with Crippen molar-refractivity contribution in [1.82, 2.24) is 10.2 Å². The van der Waals surface area contributed by atoms with Gasteiger partial charge in [-0.3, -0.25) is 4.79 Å². The molecule has 0 bridgehead atoms. The third-order valence-electron chi connectivity index (χ3n) is 3.35. The Bertz CT molecular complexity index is 470. The first kappa shape index (κ1) is 13.5. The lowest BCUT2D eigenvalue weighted by atomic mass is 10.0. The Kier molecular flexibility index (Phi) is 4.16. The van der Waals surface area contributed by atoms with E-state index in [0.717, 1.165) is 18.7 Å². The maximum atomic E-state index is 11.4. The predicted octanol–water partition coefficient (Wildman–Crippen LogP) is 0.966. The van der Waals surface area contributed by atoms with Gasteiger partial charge in [0.15, 0.2) is 0 Å². The number of piperazine rings is 1. The Balaban J connectivity index is 2.09. The smallest absolute Gasteiger partial charge is 0.337 e. The number of ether oxygens (including phenoxy) is 1. The van der Waals surface area contributed by atoms with Gasteiger partial charge < -0.3 is 15.0 Å². The molecule has 102 valence electrons. The summed E-state index contributed by atoms with van der Waals surface area (Å²) in [5.41, 5.74) is 1.60. The molecule has 2 rings (SSSR count). The second kappa shape index (κ2) is 5.84. The zero-order chi connectivity index (χ0) is 13.8. The topological polar surface area (TPSA) is 58.6 Å². The molecule has 1 N–H and O–H groups in total. The minimum atomic E-state index is -0.339. The van der Waals surface area contributed by atoms with Crippen molar-refractivity contribution in [3.63, 3.8) is 0 Å². The van der Waals surface area contributed by atoms with Crippen LogP contribution in [-0.4, -0.2) is 43.5 Å². The van der Waals surface area contributed by atoms with E-state index in [-0.39, 0.29) is 17.9 Å². The van der Waals surface area contributed by atoms with Crippen molar-refractivity contribution in [2.45, 2.75) is 13.0 Å². The number of carbonyl (C=O) groups excluding carboxylic acids is 2. The first-order valence-corrected chi connectivity index (χ1v) is 6.29. The van der Waals surface area contributed by atoms with Gasteiger partial charge in [0.1, 0.15) is 0 Å². The van der Waals surface area contributed by atoms with Gasteiger partial charge in [0, 0.05) is 32.6 Å². The van der Waals surface area contributed by atoms with E-state index in [2.05, 4.69) is 10.1 Å². The minimum absolute atomic E-state index is 0.0951. The molecule has 1 heterocycles. The van der Waals surface area contributed by atoms with E-state index in [9.17, 15) is 9.59 Å². The number of rotatable bonds is 2. The van der Waals surface area contributed by atoms with Gasteiger partial charge in [0.05, 0.1) is 12.7 Å². The molecular formula is C14H18N2O3. The van der Waals surface area contributed by atoms with E-state index in [0.29, 0.717) is 12.1 Å². The number of methoxy groups -OCH3 is 1. The van der Waals surface area contributed by atoms with Crippen LogP contribution in [0.15, 0.2) is 24.3 Å². The highest BCUT2D eigenvalue weighted by Gasteiger charge is 2.22. The summed E-state index contributed by atoms with van der Waals surface area (Å²) in [4.78, 5) is 24.6. The average molecular weight is 262 g/mol. The zero-order valence-electron chi connectivity index (χ0n) is 11.2. The van der Waals surface area contributed by atoms with Gasteiger partial charge in [-0.25, -0.2) is 4.79 Å². The SMILES string of the molecule is COC(=O)c1ccc([C@H]2CN(C(C)=O)CCN2)cc1. The van der Waals surface area contributed by atoms with Crippen LogP contribution in [0, 0.1) is 0 Å². The maximum Gasteiger partial charge on any atom is 0.337 e. The summed E-state index contributed by atoms with van der Waals surface area (Å²) >= 11 is 0. The summed E-state index contributed by atoms with van der Waals surface area (Å²) in [5.74, 6) is -0.244. The van der Waals surface area contributed by atoms with Crippen molar-refractivity contribution < 1.29 is 14.3 Å². The van der Waals surface area contributed by atoms with Gasteiger partial charge in [0.25, 0.3) is 0 Å². The van der Waals surface area contributed by atoms with Crippen molar-refractivity contribution in [3.8, 4) is 0 Å². The summed E-state index contributed by atoms with van der Waals surface area (Å²) in [7, 11) is 1.36. The second-order valence-electron chi connectivity index (χ2n) is 4.59. The lowest BCUT2D eigenvalue weighted by Gasteiger charge is -2.33. The number of nitrogens with zero attached hydrogens (tertiary/aromatic N) is 1. The van der Waals surface area contributed by atoms with Crippen LogP contribution in [0.5, 0.6) is 0 Å². The van der Waals surface area contributed by atoms with E-state index >= 15 is 0 Å². The van der Waals surface area contributed by atoms with Crippen LogP contribution in [0.2, 0.25) is 0 Å². The highest BCUT2D eigenvalue weighted by molar-refractivity contribution is 5.89. The molecular weight excluding hydrogens is 244 g/mol. The third-order valence-corrected chi connectivity index (χ3v) is 3.35. The van der Waals surface area contributed by atoms with Crippen molar-refractivity contribution in [2.24, 2.45) is 0 Å². The van der Waals surface area contributed by atoms with E-state index in [1.54, 1.807) is 19.1 Å². The molecule has 1 atom stereocenters. The number of benzene rings is 1. The monoisotopic (exact) mass is 262 g/mol. The van der Waals surface area contributed by atoms with Gasteiger partial charge in [-0.05, 0) is 17.7 Å². The summed E-state index contributed by atoms with van der Waals surface area (Å²) in [5, 5.41) is 3.37. The fourth-order valence-electron chi connectivity index (χ4n) is 2.23. The maximum absolute atomic E-state index is 11.4. The Morgan fingerprint density at radius 3 is 2.58 bits per heavy atom. The van der Waals surface area contributed by atoms with E-state index in [4.69, 9.17) is 0 Å². The molecule has 0 unspecified atom stereocenters. The standard InChI is InChI=1S/C14H18N2O3/c1-10(17)16-8-7-15-13(9-16)11-3-5-12(6-4-11)14(18)19-2/h3-6,13,15H,7-9H2,1-2H3/t13-/m1/s1. The van der Waals surface area contributed by atoms with E-state index in [1.165, 1.54) is 7.11 Å². The minimum Gasteiger partial charge on any atom is -0.465 e. The fourth-order valence-corrected chi connectivity index (χ4v) is 2.23. The summed E-state index contributed by atoms with van der Waals surface area (Å²) in [6.07, 6.45) is 0. The van der Waals surface area contributed by atoms with Gasteiger partial charge >= 0.3 is 5.97 Å². The van der Waals surface area contributed by atoms with Crippen LogP contribution in [0.4, 0.5) is 0 Å². The van der Waals surface area contributed by atoms with E-state index < -0.39 is 0 Å². The number of amides is 1. The quantitative estimate of drug-likeness (QED) is 0.807. The second-order valence-corrected chi connectivity index (χ2v) is 4.59. The van der Waals surface area contributed by atoms with Crippen LogP contribution >= 0.6 is 0 Å². The highest BCUT2D eigenvalue weighted by Crippen LogP contribution is 2.18. The van der Waals surface area contributed by atoms with Crippen LogP contribution in [0.25, 0.3) is 0 Å². The van der Waals surface area contributed by atoms with Crippen molar-refractivity contribution in [3.05, 3.63) is 35.4 Å². The molecule has 0 radical (unpaired) electrons. The average Bonchev–Trinajstić information content (AvgIpc) is 2.46. The molecule has 5 nitrogen and oxygen atoms in total. The zero-order valence-corrected chi connectivity index (χ0v) is 11.2. The molecule has 19 heavy (non-hydrogen) atoms. The highest BCUT2D eigenvalue weighted by atomic mass is 16.5. The molecule has 1 aromatic carbocycles. The van der Waals surface area contributed by atoms with Crippen molar-refractivity contribution >= 4 is 11.9 Å². The third kappa shape index (κ3) is 3.12. The number of hydrogen-bond donors (Lipinski definition) is 1. The molecule has 0 aromatic heterocycles. The van der Waals surface area contributed by atoms with Crippen LogP contribution in [0.1, 0.15) is 28.9 Å². The molecule has 0 spiro atoms. The summed E-state index contributed by atoms with van der Waals surface area (Å²) in [6.45, 7) is 3.77. The molecule has 0 aliphatic carbocycles. The fraction of sp³-hybridized carbons (Fsp3) is 0.429. The summed E-state index contributed by atoms with van der Waals surface area (Å²) < 4.78 is 4.66. The lowest BCUT2D eigenvalue weighted by Crippen LogP contribution is -2.47. The van der Waals surface area contributed by atoms with Gasteiger partial charge in [-0.15, -0.1) is 0 Å². The first-order chi connectivity index (χ1) is 9.11. The predicted molar refractivity (Wildman–Crippen MR) is 70.8 cm³/mol. The molecule has 1 saturated heterocycles. The van der Waals surface area contributed by atoms with Gasteiger partial charge in [-0.1, -0.05) is 12.1 Å². The summed E-state index contributed by atoms with van der Waals surface area (Å²) in [6, 6.07) is 7.40. The van der Waals surface area contributed by atoms with Gasteiger partial charge in [-0.2, -0.15) is 0 Å².